The number of amides is 1. The summed E-state index contributed by atoms with van der Waals surface area (Å²) in [5, 5.41) is 0.532. The van der Waals surface area contributed by atoms with E-state index >= 15 is 0 Å². The minimum Gasteiger partial charge on any atom is -0.303 e. The zero-order valence-corrected chi connectivity index (χ0v) is 18.8. The number of nitrogens with zero attached hydrogens (tertiary/aromatic N) is 2. The highest BCUT2D eigenvalue weighted by Crippen LogP contribution is 2.32. The zero-order valence-electron chi connectivity index (χ0n) is 16.4. The van der Waals surface area contributed by atoms with Gasteiger partial charge in [0.2, 0.25) is 0 Å². The zero-order chi connectivity index (χ0) is 20.2. The summed E-state index contributed by atoms with van der Waals surface area (Å²) in [6.07, 6.45) is 4.27. The van der Waals surface area contributed by atoms with E-state index < -0.39 is 0 Å². The molecule has 2 aliphatic rings. The Labute approximate surface area is 184 Å². The normalized spacial score (nSPS) is 21.1. The van der Waals surface area contributed by atoms with Crippen LogP contribution in [-0.4, -0.2) is 41.6 Å². The molecule has 1 unspecified atom stereocenters. The van der Waals surface area contributed by atoms with Crippen LogP contribution in [0.15, 0.2) is 53.0 Å². The maximum atomic E-state index is 13.5. The first kappa shape index (κ1) is 20.9. The second kappa shape index (κ2) is 9.63. The van der Waals surface area contributed by atoms with Crippen LogP contribution in [0.1, 0.15) is 24.8 Å². The van der Waals surface area contributed by atoms with Gasteiger partial charge in [-0.1, -0.05) is 45.9 Å². The number of halogens is 2. The third-order valence-corrected chi connectivity index (χ3v) is 7.85. The molecule has 0 aliphatic carbocycles. The van der Waals surface area contributed by atoms with Crippen LogP contribution < -0.4 is 4.90 Å². The molecule has 154 valence electrons. The first-order chi connectivity index (χ1) is 14.1. The van der Waals surface area contributed by atoms with Crippen molar-refractivity contribution in [1.82, 2.24) is 4.90 Å². The fourth-order valence-corrected chi connectivity index (χ4v) is 5.69. The SMILES string of the molecule is O=C1SC(CCN2CCC(Cc3cc(F)ccc3Br)CC2)CN1c1ccccc1. The number of carbonyl (C=O) groups excluding carboxylic acids is 1. The van der Waals surface area contributed by atoms with Crippen molar-refractivity contribution in [2.75, 3.05) is 31.1 Å². The van der Waals surface area contributed by atoms with Gasteiger partial charge in [-0.25, -0.2) is 4.39 Å². The summed E-state index contributed by atoms with van der Waals surface area (Å²) in [7, 11) is 0. The lowest BCUT2D eigenvalue weighted by atomic mass is 9.90. The Morgan fingerprint density at radius 1 is 1.10 bits per heavy atom. The van der Waals surface area contributed by atoms with Crippen molar-refractivity contribution < 1.29 is 9.18 Å². The molecule has 1 amide bonds. The molecule has 2 saturated heterocycles. The Morgan fingerprint density at radius 2 is 1.86 bits per heavy atom. The molecule has 3 nitrogen and oxygen atoms in total. The van der Waals surface area contributed by atoms with Crippen LogP contribution >= 0.6 is 27.7 Å². The Kier molecular flexibility index (Phi) is 6.93. The van der Waals surface area contributed by atoms with Crippen LogP contribution in [0.4, 0.5) is 14.9 Å². The average Bonchev–Trinajstić information content (AvgIpc) is 3.11. The van der Waals surface area contributed by atoms with E-state index in [4.69, 9.17) is 0 Å². The summed E-state index contributed by atoms with van der Waals surface area (Å²) >= 11 is 5.03. The van der Waals surface area contributed by atoms with Gasteiger partial charge < -0.3 is 9.80 Å². The average molecular weight is 477 g/mol. The van der Waals surface area contributed by atoms with Crippen LogP contribution in [0.3, 0.4) is 0 Å². The van der Waals surface area contributed by atoms with E-state index in [-0.39, 0.29) is 11.1 Å². The number of anilines is 1. The summed E-state index contributed by atoms with van der Waals surface area (Å²) in [5.41, 5.74) is 2.07. The summed E-state index contributed by atoms with van der Waals surface area (Å²) in [6.45, 7) is 4.03. The number of hydrogen-bond acceptors (Lipinski definition) is 3. The Morgan fingerprint density at radius 3 is 2.62 bits per heavy atom. The molecule has 0 radical (unpaired) electrons. The van der Waals surface area contributed by atoms with Crippen molar-refractivity contribution in [3.63, 3.8) is 0 Å². The van der Waals surface area contributed by atoms with Gasteiger partial charge in [0, 0.05) is 22.0 Å². The Hall–Kier alpha value is -1.37. The lowest BCUT2D eigenvalue weighted by Crippen LogP contribution is -2.36. The monoisotopic (exact) mass is 476 g/mol. The van der Waals surface area contributed by atoms with E-state index in [0.717, 1.165) is 67.6 Å². The number of benzene rings is 2. The molecule has 0 saturated carbocycles. The molecule has 0 aromatic heterocycles. The molecule has 0 N–H and O–H groups in total. The first-order valence-electron chi connectivity index (χ1n) is 10.3. The maximum absolute atomic E-state index is 13.5. The smallest absolute Gasteiger partial charge is 0.286 e. The molecule has 0 spiro atoms. The number of hydrogen-bond donors (Lipinski definition) is 0. The van der Waals surface area contributed by atoms with Gasteiger partial charge in [-0.2, -0.15) is 0 Å². The molecule has 0 bridgehead atoms. The van der Waals surface area contributed by atoms with Crippen LogP contribution in [-0.2, 0) is 6.42 Å². The van der Waals surface area contributed by atoms with E-state index in [9.17, 15) is 9.18 Å². The molecular weight excluding hydrogens is 451 g/mol. The highest BCUT2D eigenvalue weighted by molar-refractivity contribution is 9.10. The quantitative estimate of drug-likeness (QED) is 0.512. The third kappa shape index (κ3) is 5.41. The molecule has 29 heavy (non-hydrogen) atoms. The number of thioether (sulfide) groups is 1. The molecule has 2 aromatic rings. The lowest BCUT2D eigenvalue weighted by molar-refractivity contribution is 0.182. The predicted octanol–water partition coefficient (Wildman–Crippen LogP) is 5.97. The summed E-state index contributed by atoms with van der Waals surface area (Å²) in [6, 6.07) is 14.9. The van der Waals surface area contributed by atoms with E-state index in [1.54, 1.807) is 12.1 Å². The van der Waals surface area contributed by atoms with Gasteiger partial charge in [-0.3, -0.25) is 4.79 Å². The second-order valence-corrected chi connectivity index (χ2v) is 10.1. The van der Waals surface area contributed by atoms with Gasteiger partial charge in [0.15, 0.2) is 0 Å². The van der Waals surface area contributed by atoms with Crippen molar-refractivity contribution >= 4 is 38.6 Å². The molecular formula is C23H26BrFN2OS. The van der Waals surface area contributed by atoms with E-state index in [0.29, 0.717) is 11.2 Å². The predicted molar refractivity (Wildman–Crippen MR) is 122 cm³/mol. The minimum atomic E-state index is -0.159. The number of piperidine rings is 1. The highest BCUT2D eigenvalue weighted by Gasteiger charge is 2.32. The lowest BCUT2D eigenvalue weighted by Gasteiger charge is -2.32. The van der Waals surface area contributed by atoms with E-state index in [2.05, 4.69) is 20.8 Å². The molecule has 2 heterocycles. The largest absolute Gasteiger partial charge is 0.303 e. The van der Waals surface area contributed by atoms with Crippen molar-refractivity contribution in [3.05, 3.63) is 64.4 Å². The fourth-order valence-electron chi connectivity index (χ4n) is 4.24. The van der Waals surface area contributed by atoms with Gasteiger partial charge in [-0.05, 0) is 87.1 Å². The first-order valence-corrected chi connectivity index (χ1v) is 12.0. The number of para-hydroxylation sites is 1. The minimum absolute atomic E-state index is 0.159. The Balaban J connectivity index is 1.21. The standard InChI is InChI=1S/C23H26BrFN2OS/c24-22-7-6-19(25)15-18(22)14-17-8-11-26(12-9-17)13-10-21-16-27(23(28)29-21)20-4-2-1-3-5-20/h1-7,15,17,21H,8-14,16H2. The topological polar surface area (TPSA) is 23.6 Å². The van der Waals surface area contributed by atoms with Crippen molar-refractivity contribution in [2.24, 2.45) is 5.92 Å². The van der Waals surface area contributed by atoms with Gasteiger partial charge >= 0.3 is 0 Å². The van der Waals surface area contributed by atoms with Gasteiger partial charge in [-0.15, -0.1) is 0 Å². The molecule has 1 atom stereocenters. The fraction of sp³-hybridized carbons (Fsp3) is 0.435. The van der Waals surface area contributed by atoms with Crippen molar-refractivity contribution in [3.8, 4) is 0 Å². The van der Waals surface area contributed by atoms with Crippen LogP contribution in [0.2, 0.25) is 0 Å². The summed E-state index contributed by atoms with van der Waals surface area (Å²) < 4.78 is 14.5. The summed E-state index contributed by atoms with van der Waals surface area (Å²) in [5.74, 6) is 0.453. The molecule has 2 aromatic carbocycles. The molecule has 4 rings (SSSR count). The van der Waals surface area contributed by atoms with Crippen LogP contribution in [0, 0.1) is 11.7 Å². The second-order valence-electron chi connectivity index (χ2n) is 7.97. The van der Waals surface area contributed by atoms with Gasteiger partial charge in [0.05, 0.1) is 0 Å². The maximum Gasteiger partial charge on any atom is 0.286 e. The third-order valence-electron chi connectivity index (χ3n) is 5.93. The van der Waals surface area contributed by atoms with Gasteiger partial charge in [0.1, 0.15) is 5.82 Å². The number of carbonyl (C=O) groups is 1. The molecule has 2 fully saturated rings. The van der Waals surface area contributed by atoms with Gasteiger partial charge in [0.25, 0.3) is 5.24 Å². The summed E-state index contributed by atoms with van der Waals surface area (Å²) in [4.78, 5) is 16.8. The van der Waals surface area contributed by atoms with E-state index in [1.807, 2.05) is 35.2 Å². The van der Waals surface area contributed by atoms with Crippen molar-refractivity contribution in [2.45, 2.75) is 30.9 Å². The Bertz CT molecular complexity index is 842. The molecule has 2 aliphatic heterocycles. The molecule has 6 heteroatoms. The number of rotatable bonds is 6. The highest BCUT2D eigenvalue weighted by atomic mass is 79.9. The van der Waals surface area contributed by atoms with Crippen LogP contribution in [0.5, 0.6) is 0 Å². The van der Waals surface area contributed by atoms with Crippen molar-refractivity contribution in [1.29, 1.82) is 0 Å². The van der Waals surface area contributed by atoms with E-state index in [1.165, 1.54) is 17.8 Å². The number of likely N-dealkylation sites (tertiary alicyclic amines) is 1. The van der Waals surface area contributed by atoms with Crippen LogP contribution in [0.25, 0.3) is 0 Å².